The molecule has 0 bridgehead atoms. The minimum absolute atomic E-state index is 0.311. The van der Waals surface area contributed by atoms with E-state index in [1.54, 1.807) is 0 Å². The number of amides is 1. The first-order valence-corrected chi connectivity index (χ1v) is 8.61. The SMILES string of the molecule is CCCC(=O)N1CCN(c2ccc(C3CCNC3)cc2)CC1. The van der Waals surface area contributed by atoms with Gasteiger partial charge in [0, 0.05) is 44.8 Å². The molecule has 0 aromatic heterocycles. The quantitative estimate of drug-likeness (QED) is 0.926. The van der Waals surface area contributed by atoms with Gasteiger partial charge in [-0.1, -0.05) is 19.1 Å². The molecule has 0 radical (unpaired) electrons. The van der Waals surface area contributed by atoms with E-state index in [2.05, 4.69) is 41.4 Å². The van der Waals surface area contributed by atoms with Crippen molar-refractivity contribution in [2.45, 2.75) is 32.1 Å². The third kappa shape index (κ3) is 3.43. The number of carbonyl (C=O) groups is 1. The predicted molar refractivity (Wildman–Crippen MR) is 90.4 cm³/mol. The minimum atomic E-state index is 0.311. The van der Waals surface area contributed by atoms with Gasteiger partial charge in [-0.25, -0.2) is 0 Å². The highest BCUT2D eigenvalue weighted by Gasteiger charge is 2.21. The van der Waals surface area contributed by atoms with Gasteiger partial charge in [0.25, 0.3) is 0 Å². The van der Waals surface area contributed by atoms with E-state index < -0.39 is 0 Å². The molecular formula is C18H27N3O. The summed E-state index contributed by atoms with van der Waals surface area (Å²) in [6, 6.07) is 9.05. The number of hydrogen-bond donors (Lipinski definition) is 1. The molecule has 1 aromatic rings. The maximum absolute atomic E-state index is 11.9. The Bertz CT molecular complexity index is 486. The summed E-state index contributed by atoms with van der Waals surface area (Å²) in [6.45, 7) is 7.91. The number of anilines is 1. The van der Waals surface area contributed by atoms with Gasteiger partial charge in [0.1, 0.15) is 0 Å². The van der Waals surface area contributed by atoms with Gasteiger partial charge in [-0.15, -0.1) is 0 Å². The molecule has 120 valence electrons. The topological polar surface area (TPSA) is 35.6 Å². The van der Waals surface area contributed by atoms with E-state index in [0.717, 1.165) is 45.7 Å². The number of nitrogens with one attached hydrogen (secondary N) is 1. The van der Waals surface area contributed by atoms with Crippen molar-refractivity contribution in [1.29, 1.82) is 0 Å². The smallest absolute Gasteiger partial charge is 0.222 e. The molecule has 2 saturated heterocycles. The Labute approximate surface area is 133 Å². The van der Waals surface area contributed by atoms with Crippen LogP contribution in [0.1, 0.15) is 37.7 Å². The first kappa shape index (κ1) is 15.3. The largest absolute Gasteiger partial charge is 0.368 e. The Morgan fingerprint density at radius 1 is 1.18 bits per heavy atom. The summed E-state index contributed by atoms with van der Waals surface area (Å²) in [5.74, 6) is 0.990. The number of nitrogens with zero attached hydrogens (tertiary/aromatic N) is 2. The Morgan fingerprint density at radius 2 is 1.91 bits per heavy atom. The van der Waals surface area contributed by atoms with Crippen molar-refractivity contribution in [3.05, 3.63) is 29.8 Å². The van der Waals surface area contributed by atoms with Crippen LogP contribution in [0.5, 0.6) is 0 Å². The zero-order valence-corrected chi connectivity index (χ0v) is 13.6. The van der Waals surface area contributed by atoms with E-state index in [9.17, 15) is 4.79 Å². The lowest BCUT2D eigenvalue weighted by Gasteiger charge is -2.36. The van der Waals surface area contributed by atoms with Crippen molar-refractivity contribution in [3.8, 4) is 0 Å². The minimum Gasteiger partial charge on any atom is -0.368 e. The highest BCUT2D eigenvalue weighted by Crippen LogP contribution is 2.25. The van der Waals surface area contributed by atoms with E-state index in [1.165, 1.54) is 17.7 Å². The molecule has 2 heterocycles. The Kier molecular flexibility index (Phi) is 4.98. The summed E-state index contributed by atoms with van der Waals surface area (Å²) in [4.78, 5) is 16.3. The van der Waals surface area contributed by atoms with Crippen LogP contribution in [0.15, 0.2) is 24.3 Å². The van der Waals surface area contributed by atoms with Gasteiger partial charge >= 0.3 is 0 Å². The summed E-state index contributed by atoms with van der Waals surface area (Å²) >= 11 is 0. The molecule has 4 nitrogen and oxygen atoms in total. The molecule has 0 saturated carbocycles. The molecule has 1 aromatic carbocycles. The first-order chi connectivity index (χ1) is 10.8. The zero-order chi connectivity index (χ0) is 15.4. The molecule has 1 N–H and O–H groups in total. The van der Waals surface area contributed by atoms with Gasteiger partial charge in [0.15, 0.2) is 0 Å². The van der Waals surface area contributed by atoms with Crippen LogP contribution in [-0.4, -0.2) is 50.1 Å². The normalized spacial score (nSPS) is 22.1. The molecular weight excluding hydrogens is 274 g/mol. The number of hydrogen-bond acceptors (Lipinski definition) is 3. The van der Waals surface area contributed by atoms with Crippen LogP contribution in [-0.2, 0) is 4.79 Å². The summed E-state index contributed by atoms with van der Waals surface area (Å²) in [7, 11) is 0. The molecule has 3 rings (SSSR count). The summed E-state index contributed by atoms with van der Waals surface area (Å²) < 4.78 is 0. The molecule has 1 amide bonds. The third-order valence-corrected chi connectivity index (χ3v) is 4.89. The zero-order valence-electron chi connectivity index (χ0n) is 13.6. The molecule has 1 atom stereocenters. The van der Waals surface area contributed by atoms with Gasteiger partial charge in [-0.2, -0.15) is 0 Å². The predicted octanol–water partition coefficient (Wildman–Crippen LogP) is 2.21. The molecule has 4 heteroatoms. The van der Waals surface area contributed by atoms with Crippen molar-refractivity contribution in [2.75, 3.05) is 44.2 Å². The van der Waals surface area contributed by atoms with Gasteiger partial charge < -0.3 is 15.1 Å². The molecule has 0 spiro atoms. The van der Waals surface area contributed by atoms with Crippen LogP contribution in [0.3, 0.4) is 0 Å². The van der Waals surface area contributed by atoms with E-state index in [-0.39, 0.29) is 0 Å². The highest BCUT2D eigenvalue weighted by molar-refractivity contribution is 5.76. The van der Waals surface area contributed by atoms with Gasteiger partial charge in [0.2, 0.25) is 5.91 Å². The Balaban J connectivity index is 1.55. The van der Waals surface area contributed by atoms with Crippen LogP contribution in [0, 0.1) is 0 Å². The fourth-order valence-corrected chi connectivity index (χ4v) is 3.48. The molecule has 1 unspecified atom stereocenters. The fourth-order valence-electron chi connectivity index (χ4n) is 3.48. The van der Waals surface area contributed by atoms with Crippen LogP contribution in [0.4, 0.5) is 5.69 Å². The molecule has 2 aliphatic rings. The lowest BCUT2D eigenvalue weighted by Crippen LogP contribution is -2.48. The Morgan fingerprint density at radius 3 is 2.50 bits per heavy atom. The van der Waals surface area contributed by atoms with Crippen LogP contribution >= 0.6 is 0 Å². The standard InChI is InChI=1S/C18H27N3O/c1-2-3-18(22)21-12-10-20(11-13-21)17-6-4-15(5-7-17)16-8-9-19-14-16/h4-7,16,19H,2-3,8-14H2,1H3. The average molecular weight is 301 g/mol. The monoisotopic (exact) mass is 301 g/mol. The molecule has 2 fully saturated rings. The van der Waals surface area contributed by atoms with Crippen molar-refractivity contribution in [1.82, 2.24) is 10.2 Å². The van der Waals surface area contributed by atoms with E-state index in [4.69, 9.17) is 0 Å². The van der Waals surface area contributed by atoms with Crippen molar-refractivity contribution in [3.63, 3.8) is 0 Å². The van der Waals surface area contributed by atoms with E-state index in [1.807, 2.05) is 4.90 Å². The number of piperazine rings is 1. The number of carbonyl (C=O) groups excluding carboxylic acids is 1. The van der Waals surface area contributed by atoms with Crippen LogP contribution in [0.25, 0.3) is 0 Å². The van der Waals surface area contributed by atoms with E-state index >= 15 is 0 Å². The van der Waals surface area contributed by atoms with Gasteiger partial charge in [0.05, 0.1) is 0 Å². The fraction of sp³-hybridized carbons (Fsp3) is 0.611. The maximum Gasteiger partial charge on any atom is 0.222 e. The lowest BCUT2D eigenvalue weighted by atomic mass is 9.98. The number of rotatable bonds is 4. The van der Waals surface area contributed by atoms with Gasteiger partial charge in [-0.05, 0) is 43.0 Å². The van der Waals surface area contributed by atoms with Gasteiger partial charge in [-0.3, -0.25) is 4.79 Å². The van der Waals surface area contributed by atoms with Crippen LogP contribution < -0.4 is 10.2 Å². The van der Waals surface area contributed by atoms with Crippen molar-refractivity contribution in [2.24, 2.45) is 0 Å². The first-order valence-electron chi connectivity index (χ1n) is 8.61. The van der Waals surface area contributed by atoms with E-state index in [0.29, 0.717) is 18.2 Å². The second-order valence-electron chi connectivity index (χ2n) is 6.40. The lowest BCUT2D eigenvalue weighted by molar-refractivity contribution is -0.131. The molecule has 0 aliphatic carbocycles. The summed E-state index contributed by atoms with van der Waals surface area (Å²) in [5.41, 5.74) is 2.74. The maximum atomic E-state index is 11.9. The van der Waals surface area contributed by atoms with Crippen molar-refractivity contribution < 1.29 is 4.79 Å². The Hall–Kier alpha value is -1.55. The van der Waals surface area contributed by atoms with Crippen molar-refractivity contribution >= 4 is 11.6 Å². The summed E-state index contributed by atoms with van der Waals surface area (Å²) in [6.07, 6.45) is 2.87. The number of benzene rings is 1. The average Bonchev–Trinajstić information content (AvgIpc) is 3.10. The highest BCUT2D eigenvalue weighted by atomic mass is 16.2. The summed E-state index contributed by atoms with van der Waals surface area (Å²) in [5, 5.41) is 3.43. The third-order valence-electron chi connectivity index (χ3n) is 4.89. The van der Waals surface area contributed by atoms with Crippen LogP contribution in [0.2, 0.25) is 0 Å². The second-order valence-corrected chi connectivity index (χ2v) is 6.40. The molecule has 22 heavy (non-hydrogen) atoms. The second kappa shape index (κ2) is 7.14. The molecule has 2 aliphatic heterocycles.